The second-order valence-electron chi connectivity index (χ2n) is 7.25. The molecule has 0 amide bonds. The molecule has 1 aromatic carbocycles. The first-order valence-corrected chi connectivity index (χ1v) is 10.3. The minimum Gasteiger partial charge on any atom is -0.493 e. The monoisotopic (exact) mass is 451 g/mol. The van der Waals surface area contributed by atoms with Gasteiger partial charge in [0, 0.05) is 24.9 Å². The Labute approximate surface area is 189 Å². The molecular formula is C22H25N7O4. The molecule has 0 saturated carbocycles. The van der Waals surface area contributed by atoms with Gasteiger partial charge in [0.25, 0.3) is 5.56 Å². The van der Waals surface area contributed by atoms with Crippen LogP contribution < -0.4 is 26.1 Å². The third kappa shape index (κ3) is 4.12. The molecule has 3 heterocycles. The van der Waals surface area contributed by atoms with Gasteiger partial charge in [0.2, 0.25) is 0 Å². The first-order valence-electron chi connectivity index (χ1n) is 10.3. The van der Waals surface area contributed by atoms with Crippen LogP contribution in [0.15, 0.2) is 39.0 Å². The average molecular weight is 451 g/mol. The molecule has 5 N–H and O–H groups in total. The molecule has 4 rings (SSSR count). The summed E-state index contributed by atoms with van der Waals surface area (Å²) >= 11 is 0. The number of rotatable bonds is 8. The van der Waals surface area contributed by atoms with Gasteiger partial charge >= 0.3 is 0 Å². The maximum atomic E-state index is 13.2. The van der Waals surface area contributed by atoms with Crippen LogP contribution in [0.1, 0.15) is 31.3 Å². The van der Waals surface area contributed by atoms with E-state index in [-0.39, 0.29) is 17.2 Å². The number of imidazole rings is 1. The molecule has 0 unspecified atom stereocenters. The Bertz CT molecular complexity index is 1310. The van der Waals surface area contributed by atoms with Crippen LogP contribution in [0.2, 0.25) is 0 Å². The van der Waals surface area contributed by atoms with Crippen LogP contribution in [0.4, 0.5) is 11.4 Å². The van der Waals surface area contributed by atoms with E-state index in [2.05, 4.69) is 30.2 Å². The number of benzene rings is 1. The van der Waals surface area contributed by atoms with Gasteiger partial charge in [-0.05, 0) is 13.8 Å². The number of nitrogens with one attached hydrogen (secondary N) is 3. The molecule has 0 saturated heterocycles. The lowest BCUT2D eigenvalue weighted by molar-refractivity contribution is 0.356. The van der Waals surface area contributed by atoms with Crippen molar-refractivity contribution in [2.75, 3.05) is 31.8 Å². The predicted molar refractivity (Wildman–Crippen MR) is 126 cm³/mol. The highest BCUT2D eigenvalue weighted by Gasteiger charge is 2.22. The van der Waals surface area contributed by atoms with Crippen molar-refractivity contribution in [3.8, 4) is 22.9 Å². The number of H-pyrrole nitrogens is 2. The van der Waals surface area contributed by atoms with E-state index in [0.717, 1.165) is 0 Å². The summed E-state index contributed by atoms with van der Waals surface area (Å²) in [4.78, 5) is 32.2. The molecule has 0 aliphatic rings. The average Bonchev–Trinajstić information content (AvgIpc) is 3.49. The van der Waals surface area contributed by atoms with E-state index in [1.165, 1.54) is 12.7 Å². The van der Waals surface area contributed by atoms with Gasteiger partial charge in [-0.3, -0.25) is 9.79 Å². The molecule has 0 spiro atoms. The summed E-state index contributed by atoms with van der Waals surface area (Å²) in [5, 5.41) is 3.29. The first-order chi connectivity index (χ1) is 16.0. The van der Waals surface area contributed by atoms with Crippen molar-refractivity contribution in [3.63, 3.8) is 0 Å². The van der Waals surface area contributed by atoms with Gasteiger partial charge in [0.1, 0.15) is 23.3 Å². The molecule has 4 aromatic rings. The molecule has 172 valence electrons. The number of fused-ring (bicyclic) bond motifs is 1. The summed E-state index contributed by atoms with van der Waals surface area (Å²) in [7, 11) is 3.10. The molecule has 3 aromatic heterocycles. The molecule has 1 atom stereocenters. The van der Waals surface area contributed by atoms with E-state index in [9.17, 15) is 4.79 Å². The number of oxazole rings is 1. The number of nitrogens with two attached hydrogens (primary N) is 1. The van der Waals surface area contributed by atoms with E-state index >= 15 is 0 Å². The fourth-order valence-electron chi connectivity index (χ4n) is 3.48. The Morgan fingerprint density at radius 3 is 2.70 bits per heavy atom. The maximum Gasteiger partial charge on any atom is 0.261 e. The zero-order valence-corrected chi connectivity index (χ0v) is 18.7. The molecular weight excluding hydrogens is 426 g/mol. The number of nitrogens with zero attached hydrogens (tertiary/aromatic N) is 3. The lowest BCUT2D eigenvalue weighted by Crippen LogP contribution is -2.20. The van der Waals surface area contributed by atoms with Gasteiger partial charge in [0.05, 0.1) is 48.4 Å². The normalized spacial score (nSPS) is 12.4. The summed E-state index contributed by atoms with van der Waals surface area (Å²) in [6, 6.07) is 3.20. The highest BCUT2D eigenvalue weighted by Crippen LogP contribution is 2.36. The molecule has 0 radical (unpaired) electrons. The van der Waals surface area contributed by atoms with Crippen molar-refractivity contribution >= 4 is 28.6 Å². The van der Waals surface area contributed by atoms with Gasteiger partial charge < -0.3 is 34.9 Å². The first kappa shape index (κ1) is 21.9. The fraction of sp³-hybridized carbons (Fsp3) is 0.273. The summed E-state index contributed by atoms with van der Waals surface area (Å²) < 4.78 is 15.8. The Morgan fingerprint density at radius 2 is 2.03 bits per heavy atom. The number of hydrogen-bond donors (Lipinski definition) is 4. The minimum atomic E-state index is -0.380. The van der Waals surface area contributed by atoms with E-state index in [1.54, 1.807) is 32.6 Å². The van der Waals surface area contributed by atoms with Crippen molar-refractivity contribution in [2.45, 2.75) is 19.9 Å². The number of aromatic nitrogens is 4. The van der Waals surface area contributed by atoms with Crippen LogP contribution in [0.5, 0.6) is 11.5 Å². The van der Waals surface area contributed by atoms with Gasteiger partial charge in [-0.25, -0.2) is 9.97 Å². The molecule has 11 nitrogen and oxygen atoms in total. The summed E-state index contributed by atoms with van der Waals surface area (Å²) in [5.74, 6) is 1.40. The summed E-state index contributed by atoms with van der Waals surface area (Å²) in [6.07, 6.45) is 4.41. The number of aliphatic imine (C=N–C) groups is 1. The van der Waals surface area contributed by atoms with Gasteiger partial charge in [-0.15, -0.1) is 0 Å². The Kier molecular flexibility index (Phi) is 6.03. The lowest BCUT2D eigenvalue weighted by atomic mass is 10.1. The van der Waals surface area contributed by atoms with Crippen LogP contribution in [0.25, 0.3) is 22.4 Å². The van der Waals surface area contributed by atoms with Gasteiger partial charge in [-0.2, -0.15) is 0 Å². The highest BCUT2D eigenvalue weighted by molar-refractivity contribution is 5.95. The Morgan fingerprint density at radius 1 is 1.27 bits per heavy atom. The smallest absolute Gasteiger partial charge is 0.261 e. The van der Waals surface area contributed by atoms with E-state index in [4.69, 9.17) is 19.6 Å². The molecule has 0 fully saturated rings. The standard InChI is InChI=1S/C22H25N7O4/c1-5-24-8-14-19(23)20(26-11(2)15-9-33-10-25-15)18(22(30)29-14)21-27-12-6-16(31-3)17(32-4)7-13(12)28-21/h6-11H,5,23H2,1-4H3,(H,27,28)(H2,26,29,30)/t11-/m0/s1. The number of aromatic amines is 2. The van der Waals surface area contributed by atoms with Crippen LogP contribution in [-0.4, -0.2) is 46.9 Å². The van der Waals surface area contributed by atoms with Crippen molar-refractivity contribution in [1.29, 1.82) is 0 Å². The highest BCUT2D eigenvalue weighted by atomic mass is 16.5. The fourth-order valence-corrected chi connectivity index (χ4v) is 3.48. The van der Waals surface area contributed by atoms with Crippen LogP contribution in [0, 0.1) is 0 Å². The van der Waals surface area contributed by atoms with Crippen molar-refractivity contribution < 1.29 is 13.9 Å². The van der Waals surface area contributed by atoms with Crippen LogP contribution in [0.3, 0.4) is 0 Å². The molecule has 0 aliphatic heterocycles. The molecule has 0 aliphatic carbocycles. The second-order valence-corrected chi connectivity index (χ2v) is 7.25. The Balaban J connectivity index is 1.90. The summed E-state index contributed by atoms with van der Waals surface area (Å²) in [5.41, 5.74) is 9.41. The SMILES string of the molecule is CCN=Cc1[nH]c(=O)c(-c2nc3cc(OC)c(OC)cc3[nH]2)c(N[C@@H](C)c2cocn2)c1N. The second kappa shape index (κ2) is 9.07. The number of nitrogen functional groups attached to an aromatic ring is 1. The number of pyridine rings is 1. The number of methoxy groups -OCH3 is 2. The van der Waals surface area contributed by atoms with Crippen molar-refractivity contribution in [2.24, 2.45) is 4.99 Å². The maximum absolute atomic E-state index is 13.2. The van der Waals surface area contributed by atoms with Crippen LogP contribution >= 0.6 is 0 Å². The number of hydrogen-bond acceptors (Lipinski definition) is 9. The molecule has 11 heteroatoms. The van der Waals surface area contributed by atoms with Gasteiger partial charge in [0.15, 0.2) is 17.9 Å². The van der Waals surface area contributed by atoms with E-state index in [0.29, 0.717) is 57.7 Å². The summed E-state index contributed by atoms with van der Waals surface area (Å²) in [6.45, 7) is 4.33. The van der Waals surface area contributed by atoms with Crippen molar-refractivity contribution in [1.82, 2.24) is 19.9 Å². The van der Waals surface area contributed by atoms with E-state index < -0.39 is 0 Å². The third-order valence-electron chi connectivity index (χ3n) is 5.17. The van der Waals surface area contributed by atoms with Crippen LogP contribution in [-0.2, 0) is 0 Å². The quantitative estimate of drug-likeness (QED) is 0.298. The lowest BCUT2D eigenvalue weighted by Gasteiger charge is -2.18. The Hall–Kier alpha value is -4.28. The molecule has 0 bridgehead atoms. The zero-order chi connectivity index (χ0) is 23.5. The molecule has 33 heavy (non-hydrogen) atoms. The minimum absolute atomic E-state index is 0.255. The predicted octanol–water partition coefficient (Wildman–Crippen LogP) is 3.12. The zero-order valence-electron chi connectivity index (χ0n) is 18.7. The van der Waals surface area contributed by atoms with Gasteiger partial charge in [-0.1, -0.05) is 0 Å². The number of ether oxygens (including phenoxy) is 2. The third-order valence-corrected chi connectivity index (χ3v) is 5.17. The largest absolute Gasteiger partial charge is 0.493 e. The topological polar surface area (TPSA) is 156 Å². The van der Waals surface area contributed by atoms with E-state index in [1.807, 2.05) is 13.8 Å². The number of anilines is 2. The van der Waals surface area contributed by atoms with Crippen molar-refractivity contribution in [3.05, 3.63) is 46.5 Å².